The fourth-order valence-corrected chi connectivity index (χ4v) is 4.57. The van der Waals surface area contributed by atoms with Crippen LogP contribution >= 0.6 is 11.8 Å². The van der Waals surface area contributed by atoms with Crippen LogP contribution in [0.15, 0.2) is 0 Å². The zero-order valence-corrected chi connectivity index (χ0v) is 12.6. The summed E-state index contributed by atoms with van der Waals surface area (Å²) < 4.78 is 5.56. The smallest absolute Gasteiger partial charge is 0.0510 e. The van der Waals surface area contributed by atoms with Gasteiger partial charge >= 0.3 is 0 Å². The zero-order chi connectivity index (χ0) is 12.6. The Labute approximate surface area is 117 Å². The Bertz CT molecular complexity index is 213. The average Bonchev–Trinajstić information content (AvgIpc) is 2.94. The van der Waals surface area contributed by atoms with E-state index in [9.17, 15) is 0 Å². The summed E-state index contributed by atoms with van der Waals surface area (Å²) in [4.78, 5) is 0. The highest BCUT2D eigenvalue weighted by Crippen LogP contribution is 2.30. The largest absolute Gasteiger partial charge is 0.381 e. The summed E-state index contributed by atoms with van der Waals surface area (Å²) in [7, 11) is 0. The maximum Gasteiger partial charge on any atom is 0.0510 e. The minimum Gasteiger partial charge on any atom is -0.381 e. The van der Waals surface area contributed by atoms with Crippen LogP contribution in [0.25, 0.3) is 0 Å². The number of hydrogen-bond donors (Lipinski definition) is 1. The van der Waals surface area contributed by atoms with Gasteiger partial charge in [-0.25, -0.2) is 0 Å². The first kappa shape index (κ1) is 14.7. The van der Waals surface area contributed by atoms with Crippen molar-refractivity contribution < 1.29 is 4.74 Å². The standard InChI is InChI=1S/C15H29NOS/c1-2-9-16-15(13-8-10-17-11-13)12-18-14-6-4-3-5-7-14/h13-16H,2-12H2,1H3. The zero-order valence-electron chi connectivity index (χ0n) is 11.8. The number of ether oxygens (including phenoxy) is 1. The molecule has 2 nitrogen and oxygen atoms in total. The van der Waals surface area contributed by atoms with Crippen molar-refractivity contribution in [1.29, 1.82) is 0 Å². The summed E-state index contributed by atoms with van der Waals surface area (Å²) >= 11 is 2.22. The van der Waals surface area contributed by atoms with Crippen LogP contribution in [0.5, 0.6) is 0 Å². The molecule has 0 bridgehead atoms. The number of thioether (sulfide) groups is 1. The highest BCUT2D eigenvalue weighted by Gasteiger charge is 2.26. The van der Waals surface area contributed by atoms with E-state index >= 15 is 0 Å². The van der Waals surface area contributed by atoms with Gasteiger partial charge in [0, 0.05) is 29.6 Å². The molecule has 0 radical (unpaired) electrons. The molecule has 0 aromatic heterocycles. The Balaban J connectivity index is 1.72. The Kier molecular flexibility index (Phi) is 6.88. The van der Waals surface area contributed by atoms with E-state index in [1.54, 1.807) is 0 Å². The van der Waals surface area contributed by atoms with E-state index in [1.165, 1.54) is 50.7 Å². The second-order valence-corrected chi connectivity index (χ2v) is 7.11. The second-order valence-electron chi connectivity index (χ2n) is 5.78. The lowest BCUT2D eigenvalue weighted by molar-refractivity contribution is 0.179. The Hall–Kier alpha value is 0.270. The van der Waals surface area contributed by atoms with Gasteiger partial charge in [-0.05, 0) is 32.2 Å². The van der Waals surface area contributed by atoms with E-state index < -0.39 is 0 Å². The SMILES string of the molecule is CCCNC(CSC1CCCCC1)C1CCOC1. The van der Waals surface area contributed by atoms with Gasteiger partial charge in [-0.1, -0.05) is 26.2 Å². The molecule has 18 heavy (non-hydrogen) atoms. The van der Waals surface area contributed by atoms with Gasteiger partial charge in [-0.3, -0.25) is 0 Å². The molecule has 0 spiro atoms. The first-order valence-corrected chi connectivity index (χ1v) is 8.87. The van der Waals surface area contributed by atoms with Crippen LogP contribution in [0.4, 0.5) is 0 Å². The minimum atomic E-state index is 0.680. The van der Waals surface area contributed by atoms with Crippen molar-refractivity contribution >= 4 is 11.8 Å². The molecule has 1 aliphatic heterocycles. The summed E-state index contributed by atoms with van der Waals surface area (Å²) in [6, 6.07) is 0.680. The molecule has 2 atom stereocenters. The minimum absolute atomic E-state index is 0.680. The van der Waals surface area contributed by atoms with Gasteiger partial charge in [0.2, 0.25) is 0 Å². The molecule has 3 heteroatoms. The van der Waals surface area contributed by atoms with Crippen molar-refractivity contribution in [2.24, 2.45) is 5.92 Å². The third-order valence-electron chi connectivity index (χ3n) is 4.25. The monoisotopic (exact) mass is 271 g/mol. The van der Waals surface area contributed by atoms with Gasteiger partial charge in [0.1, 0.15) is 0 Å². The molecular formula is C15H29NOS. The summed E-state index contributed by atoms with van der Waals surface area (Å²) in [5, 5.41) is 4.69. The van der Waals surface area contributed by atoms with E-state index in [-0.39, 0.29) is 0 Å². The second kappa shape index (κ2) is 8.44. The lowest BCUT2D eigenvalue weighted by Crippen LogP contribution is -2.39. The first-order chi connectivity index (χ1) is 8.90. The van der Waals surface area contributed by atoms with Crippen molar-refractivity contribution in [2.45, 2.75) is 63.2 Å². The van der Waals surface area contributed by atoms with Crippen LogP contribution in [0, 0.1) is 5.92 Å². The predicted octanol–water partition coefficient (Wildman–Crippen LogP) is 3.46. The Morgan fingerprint density at radius 2 is 2.06 bits per heavy atom. The predicted molar refractivity (Wildman–Crippen MR) is 80.3 cm³/mol. The van der Waals surface area contributed by atoms with Gasteiger partial charge in [0.05, 0.1) is 6.61 Å². The molecule has 1 saturated carbocycles. The molecule has 0 amide bonds. The lowest BCUT2D eigenvalue weighted by Gasteiger charge is -2.27. The van der Waals surface area contributed by atoms with Crippen molar-refractivity contribution in [3.8, 4) is 0 Å². The summed E-state index contributed by atoms with van der Waals surface area (Å²) in [6.07, 6.45) is 9.77. The molecule has 0 aromatic rings. The van der Waals surface area contributed by atoms with Gasteiger partial charge in [-0.15, -0.1) is 0 Å². The van der Waals surface area contributed by atoms with Crippen molar-refractivity contribution in [3.63, 3.8) is 0 Å². The van der Waals surface area contributed by atoms with Crippen molar-refractivity contribution in [1.82, 2.24) is 5.32 Å². The van der Waals surface area contributed by atoms with E-state index in [2.05, 4.69) is 24.0 Å². The Morgan fingerprint density at radius 1 is 1.22 bits per heavy atom. The molecule has 106 valence electrons. The molecule has 0 aromatic carbocycles. The topological polar surface area (TPSA) is 21.3 Å². The summed E-state index contributed by atoms with van der Waals surface area (Å²) in [5.41, 5.74) is 0. The fraction of sp³-hybridized carbons (Fsp3) is 1.00. The summed E-state index contributed by atoms with van der Waals surface area (Å²) in [5.74, 6) is 2.05. The molecule has 2 aliphatic rings. The van der Waals surface area contributed by atoms with Crippen LogP contribution in [0.3, 0.4) is 0 Å². The summed E-state index contributed by atoms with van der Waals surface area (Å²) in [6.45, 7) is 5.37. The molecule has 1 aliphatic carbocycles. The lowest BCUT2D eigenvalue weighted by atomic mass is 10.00. The van der Waals surface area contributed by atoms with Gasteiger partial charge in [0.15, 0.2) is 0 Å². The normalized spacial score (nSPS) is 27.5. The fourth-order valence-electron chi connectivity index (χ4n) is 3.03. The third-order valence-corrected chi connectivity index (χ3v) is 5.75. The number of hydrogen-bond acceptors (Lipinski definition) is 3. The van der Waals surface area contributed by atoms with Crippen LogP contribution < -0.4 is 5.32 Å². The van der Waals surface area contributed by atoms with Crippen LogP contribution in [-0.2, 0) is 4.74 Å². The number of rotatable bonds is 7. The maximum atomic E-state index is 5.56. The first-order valence-electron chi connectivity index (χ1n) is 7.83. The molecule has 1 heterocycles. The van der Waals surface area contributed by atoms with E-state index in [1.807, 2.05) is 0 Å². The molecule has 2 rings (SSSR count). The molecule has 1 N–H and O–H groups in total. The quantitative estimate of drug-likeness (QED) is 0.766. The average molecular weight is 271 g/mol. The van der Waals surface area contributed by atoms with Crippen LogP contribution in [0.2, 0.25) is 0 Å². The molecule has 2 unspecified atom stereocenters. The van der Waals surface area contributed by atoms with E-state index in [4.69, 9.17) is 4.74 Å². The third kappa shape index (κ3) is 4.75. The molecule has 1 saturated heterocycles. The highest BCUT2D eigenvalue weighted by atomic mass is 32.2. The van der Waals surface area contributed by atoms with Gasteiger partial charge in [0.25, 0.3) is 0 Å². The van der Waals surface area contributed by atoms with E-state index in [0.717, 1.165) is 30.9 Å². The van der Waals surface area contributed by atoms with Crippen molar-refractivity contribution in [3.05, 3.63) is 0 Å². The van der Waals surface area contributed by atoms with Crippen LogP contribution in [-0.4, -0.2) is 36.8 Å². The van der Waals surface area contributed by atoms with Gasteiger partial charge < -0.3 is 10.1 Å². The highest BCUT2D eigenvalue weighted by molar-refractivity contribution is 7.99. The number of nitrogens with one attached hydrogen (secondary N) is 1. The molecular weight excluding hydrogens is 242 g/mol. The van der Waals surface area contributed by atoms with Gasteiger partial charge in [-0.2, -0.15) is 11.8 Å². The Morgan fingerprint density at radius 3 is 2.72 bits per heavy atom. The van der Waals surface area contributed by atoms with E-state index in [0.29, 0.717) is 6.04 Å². The molecule has 2 fully saturated rings. The van der Waals surface area contributed by atoms with Crippen molar-refractivity contribution in [2.75, 3.05) is 25.5 Å². The maximum absolute atomic E-state index is 5.56. The van der Waals surface area contributed by atoms with Crippen LogP contribution in [0.1, 0.15) is 51.9 Å².